The number of benzene rings is 2. The molecule has 0 saturated carbocycles. The van der Waals surface area contributed by atoms with Crippen molar-refractivity contribution >= 4 is 0 Å². The van der Waals surface area contributed by atoms with Crippen molar-refractivity contribution < 1.29 is 14.6 Å². The van der Waals surface area contributed by atoms with Crippen LogP contribution in [0.3, 0.4) is 0 Å². The third-order valence-corrected chi connectivity index (χ3v) is 3.74. The molecular formula is C19H18N2O3. The van der Waals surface area contributed by atoms with Gasteiger partial charge in [0, 0.05) is 17.7 Å². The van der Waals surface area contributed by atoms with Crippen molar-refractivity contribution in [2.24, 2.45) is 0 Å². The summed E-state index contributed by atoms with van der Waals surface area (Å²) >= 11 is 0. The van der Waals surface area contributed by atoms with Crippen molar-refractivity contribution in [1.82, 2.24) is 9.97 Å². The van der Waals surface area contributed by atoms with E-state index in [-0.39, 0.29) is 5.75 Å². The van der Waals surface area contributed by atoms with Gasteiger partial charge >= 0.3 is 0 Å². The van der Waals surface area contributed by atoms with Gasteiger partial charge in [0.1, 0.15) is 12.1 Å². The minimum absolute atomic E-state index is 0.119. The number of phenolic OH excluding ortho intramolecular Hbond substituents is 1. The number of aromatic hydroxyl groups is 1. The van der Waals surface area contributed by atoms with Gasteiger partial charge in [-0.3, -0.25) is 0 Å². The molecule has 1 N–H and O–H groups in total. The Kier molecular flexibility index (Phi) is 4.61. The first-order chi connectivity index (χ1) is 11.7. The van der Waals surface area contributed by atoms with E-state index in [1.807, 2.05) is 36.4 Å². The third kappa shape index (κ3) is 3.30. The monoisotopic (exact) mass is 322 g/mol. The van der Waals surface area contributed by atoms with Crippen LogP contribution in [0, 0.1) is 0 Å². The minimum Gasteiger partial charge on any atom is -0.504 e. The maximum atomic E-state index is 9.90. The first-order valence-electron chi connectivity index (χ1n) is 7.51. The van der Waals surface area contributed by atoms with E-state index in [1.165, 1.54) is 7.11 Å². The molecule has 0 fully saturated rings. The molecule has 24 heavy (non-hydrogen) atoms. The van der Waals surface area contributed by atoms with Crippen LogP contribution in [0.5, 0.6) is 17.2 Å². The van der Waals surface area contributed by atoms with Gasteiger partial charge in [-0.05, 0) is 35.9 Å². The number of phenols is 1. The summed E-state index contributed by atoms with van der Waals surface area (Å²) in [6.45, 7) is 0. The Bertz CT molecular complexity index is 850. The molecule has 3 rings (SSSR count). The van der Waals surface area contributed by atoms with Crippen molar-refractivity contribution in [1.29, 1.82) is 0 Å². The summed E-state index contributed by atoms with van der Waals surface area (Å²) in [7, 11) is 3.17. The number of ether oxygens (including phenoxy) is 2. The summed E-state index contributed by atoms with van der Waals surface area (Å²) in [6.07, 6.45) is 2.13. The zero-order valence-corrected chi connectivity index (χ0v) is 13.6. The van der Waals surface area contributed by atoms with Crippen LogP contribution in [-0.4, -0.2) is 29.3 Å². The highest BCUT2D eigenvalue weighted by atomic mass is 16.5. The van der Waals surface area contributed by atoms with E-state index in [4.69, 9.17) is 9.47 Å². The van der Waals surface area contributed by atoms with Crippen LogP contribution in [0.2, 0.25) is 0 Å². The van der Waals surface area contributed by atoms with Gasteiger partial charge in [-0.2, -0.15) is 0 Å². The number of rotatable bonds is 5. The van der Waals surface area contributed by atoms with E-state index in [9.17, 15) is 5.11 Å². The fourth-order valence-electron chi connectivity index (χ4n) is 2.55. The lowest BCUT2D eigenvalue weighted by Crippen LogP contribution is -1.96. The van der Waals surface area contributed by atoms with E-state index in [1.54, 1.807) is 25.6 Å². The summed E-state index contributed by atoms with van der Waals surface area (Å²) in [5.74, 6) is 1.34. The molecule has 0 bridgehead atoms. The standard InChI is InChI=1S/C19H18N2O3/c1-23-18-6-4-3-5-15(18)16-11-14(20-12-21-16)9-13-7-8-19(24-2)17(22)10-13/h3-8,10-12,22H,9H2,1-2H3. The topological polar surface area (TPSA) is 64.5 Å². The molecule has 2 aromatic carbocycles. The fourth-order valence-corrected chi connectivity index (χ4v) is 2.55. The highest BCUT2D eigenvalue weighted by Crippen LogP contribution is 2.29. The molecule has 0 amide bonds. The Morgan fingerprint density at radius 3 is 2.46 bits per heavy atom. The van der Waals surface area contributed by atoms with Crippen LogP contribution in [0.25, 0.3) is 11.3 Å². The van der Waals surface area contributed by atoms with Crippen LogP contribution < -0.4 is 9.47 Å². The number of nitrogens with zero attached hydrogens (tertiary/aromatic N) is 2. The number of para-hydroxylation sites is 1. The zero-order valence-electron chi connectivity index (χ0n) is 13.6. The Morgan fingerprint density at radius 1 is 0.917 bits per heavy atom. The van der Waals surface area contributed by atoms with Crippen molar-refractivity contribution in [2.45, 2.75) is 6.42 Å². The van der Waals surface area contributed by atoms with Gasteiger partial charge in [-0.1, -0.05) is 18.2 Å². The molecule has 0 unspecified atom stereocenters. The minimum atomic E-state index is 0.119. The SMILES string of the molecule is COc1ccc(Cc2cc(-c3ccccc3OC)ncn2)cc1O. The number of hydrogen-bond donors (Lipinski definition) is 1. The van der Waals surface area contributed by atoms with E-state index in [0.29, 0.717) is 12.2 Å². The van der Waals surface area contributed by atoms with Crippen LogP contribution in [-0.2, 0) is 6.42 Å². The molecule has 0 aliphatic heterocycles. The summed E-state index contributed by atoms with van der Waals surface area (Å²) in [4.78, 5) is 8.67. The predicted octanol–water partition coefficient (Wildman–Crippen LogP) is 3.46. The molecule has 0 saturated heterocycles. The van der Waals surface area contributed by atoms with Gasteiger partial charge in [0.2, 0.25) is 0 Å². The molecule has 0 spiro atoms. The predicted molar refractivity (Wildman–Crippen MR) is 91.5 cm³/mol. The molecule has 0 radical (unpaired) electrons. The van der Waals surface area contributed by atoms with Gasteiger partial charge in [-0.25, -0.2) is 9.97 Å². The average molecular weight is 322 g/mol. The highest BCUT2D eigenvalue weighted by Gasteiger charge is 2.09. The van der Waals surface area contributed by atoms with Crippen LogP contribution >= 0.6 is 0 Å². The van der Waals surface area contributed by atoms with Crippen LogP contribution in [0.15, 0.2) is 54.9 Å². The fraction of sp³-hybridized carbons (Fsp3) is 0.158. The van der Waals surface area contributed by atoms with E-state index in [0.717, 1.165) is 28.3 Å². The molecule has 0 aliphatic carbocycles. The summed E-state index contributed by atoms with van der Waals surface area (Å²) < 4.78 is 10.5. The van der Waals surface area contributed by atoms with Gasteiger partial charge in [0.25, 0.3) is 0 Å². The van der Waals surface area contributed by atoms with Crippen LogP contribution in [0.1, 0.15) is 11.3 Å². The number of methoxy groups -OCH3 is 2. The largest absolute Gasteiger partial charge is 0.504 e. The number of hydrogen-bond acceptors (Lipinski definition) is 5. The Hall–Kier alpha value is -3.08. The van der Waals surface area contributed by atoms with Crippen molar-refractivity contribution in [3.63, 3.8) is 0 Å². The maximum absolute atomic E-state index is 9.90. The van der Waals surface area contributed by atoms with Gasteiger partial charge < -0.3 is 14.6 Å². The third-order valence-electron chi connectivity index (χ3n) is 3.74. The molecule has 1 heterocycles. The van der Waals surface area contributed by atoms with Gasteiger partial charge in [-0.15, -0.1) is 0 Å². The van der Waals surface area contributed by atoms with Gasteiger partial charge in [0.15, 0.2) is 11.5 Å². The lowest BCUT2D eigenvalue weighted by atomic mass is 10.1. The second-order valence-electron chi connectivity index (χ2n) is 5.28. The summed E-state index contributed by atoms with van der Waals surface area (Å²) in [5, 5.41) is 9.90. The maximum Gasteiger partial charge on any atom is 0.160 e. The quantitative estimate of drug-likeness (QED) is 0.779. The molecule has 5 heteroatoms. The lowest BCUT2D eigenvalue weighted by Gasteiger charge is -2.09. The number of aromatic nitrogens is 2. The van der Waals surface area contributed by atoms with Crippen molar-refractivity contribution in [3.8, 4) is 28.5 Å². The molecule has 3 aromatic rings. The normalized spacial score (nSPS) is 10.4. The van der Waals surface area contributed by atoms with E-state index < -0.39 is 0 Å². The van der Waals surface area contributed by atoms with Gasteiger partial charge in [0.05, 0.1) is 19.9 Å². The smallest absolute Gasteiger partial charge is 0.160 e. The van der Waals surface area contributed by atoms with E-state index in [2.05, 4.69) is 9.97 Å². The summed E-state index contributed by atoms with van der Waals surface area (Å²) in [6, 6.07) is 15.0. The average Bonchev–Trinajstić information content (AvgIpc) is 2.62. The molecular weight excluding hydrogens is 304 g/mol. The first-order valence-corrected chi connectivity index (χ1v) is 7.51. The first kappa shape index (κ1) is 15.8. The zero-order chi connectivity index (χ0) is 16.9. The highest BCUT2D eigenvalue weighted by molar-refractivity contribution is 5.67. The molecule has 0 aliphatic rings. The van der Waals surface area contributed by atoms with E-state index >= 15 is 0 Å². The molecule has 5 nitrogen and oxygen atoms in total. The second kappa shape index (κ2) is 7.00. The molecule has 1 aromatic heterocycles. The Morgan fingerprint density at radius 2 is 1.71 bits per heavy atom. The molecule has 122 valence electrons. The second-order valence-corrected chi connectivity index (χ2v) is 5.28. The Labute approximate surface area is 140 Å². The Balaban J connectivity index is 1.89. The lowest BCUT2D eigenvalue weighted by molar-refractivity contribution is 0.373. The van der Waals surface area contributed by atoms with Crippen molar-refractivity contribution in [2.75, 3.05) is 14.2 Å². The molecule has 0 atom stereocenters. The summed E-state index contributed by atoms with van der Waals surface area (Å²) in [5.41, 5.74) is 3.52. The van der Waals surface area contributed by atoms with Crippen molar-refractivity contribution in [3.05, 3.63) is 66.1 Å². The van der Waals surface area contributed by atoms with Crippen LogP contribution in [0.4, 0.5) is 0 Å².